The average molecular weight is 445 g/mol. The molecule has 11 heteroatoms. The summed E-state index contributed by atoms with van der Waals surface area (Å²) < 4.78 is 3.35. The minimum Gasteiger partial charge on any atom is -0.337 e. The van der Waals surface area contributed by atoms with Gasteiger partial charge in [-0.1, -0.05) is 53.6 Å². The van der Waals surface area contributed by atoms with Gasteiger partial charge < -0.3 is 9.80 Å². The molecule has 1 amide bonds. The highest BCUT2D eigenvalue weighted by atomic mass is 16.2. The predicted octanol–water partition coefficient (Wildman–Crippen LogP) is 1.09. The highest BCUT2D eigenvalue weighted by Crippen LogP contribution is 2.21. The fourth-order valence-electron chi connectivity index (χ4n) is 4.10. The molecule has 5 rings (SSSR count). The van der Waals surface area contributed by atoms with Gasteiger partial charge in [0.05, 0.1) is 5.69 Å². The first-order chi connectivity index (χ1) is 16.2. The van der Waals surface area contributed by atoms with Crippen molar-refractivity contribution in [3.8, 4) is 5.69 Å². The molecule has 3 heterocycles. The number of nitrogens with zero attached hydrogens (tertiary/aromatic N) is 10. The molecule has 1 atom stereocenters. The molecule has 0 radical (unpaired) electrons. The third kappa shape index (κ3) is 4.29. The van der Waals surface area contributed by atoms with Gasteiger partial charge in [0.1, 0.15) is 11.9 Å². The van der Waals surface area contributed by atoms with Gasteiger partial charge in [-0.25, -0.2) is 4.68 Å². The van der Waals surface area contributed by atoms with Gasteiger partial charge in [0.15, 0.2) is 0 Å². The molecule has 1 unspecified atom stereocenters. The molecule has 1 saturated heterocycles. The summed E-state index contributed by atoms with van der Waals surface area (Å²) in [6.07, 6.45) is 0.526. The highest BCUT2D eigenvalue weighted by molar-refractivity contribution is 5.81. The Labute approximate surface area is 190 Å². The number of aromatic nitrogens is 8. The van der Waals surface area contributed by atoms with Gasteiger partial charge in [-0.3, -0.25) is 4.79 Å². The molecule has 1 aliphatic heterocycles. The van der Waals surface area contributed by atoms with E-state index >= 15 is 0 Å². The van der Waals surface area contributed by atoms with Crippen LogP contribution in [0.5, 0.6) is 0 Å². The van der Waals surface area contributed by atoms with Crippen molar-refractivity contribution in [3.05, 3.63) is 72.1 Å². The predicted molar refractivity (Wildman–Crippen MR) is 120 cm³/mol. The van der Waals surface area contributed by atoms with Crippen LogP contribution in [0.25, 0.3) is 5.69 Å². The zero-order chi connectivity index (χ0) is 22.6. The van der Waals surface area contributed by atoms with E-state index in [-0.39, 0.29) is 5.91 Å². The van der Waals surface area contributed by atoms with E-state index in [9.17, 15) is 4.79 Å². The summed E-state index contributed by atoms with van der Waals surface area (Å²) in [5.41, 5.74) is 1.96. The quantitative estimate of drug-likeness (QED) is 0.435. The second-order valence-electron chi connectivity index (χ2n) is 7.91. The Bertz CT molecular complexity index is 1200. The van der Waals surface area contributed by atoms with E-state index in [1.54, 1.807) is 9.36 Å². The van der Waals surface area contributed by atoms with Crippen LogP contribution in [0.2, 0.25) is 0 Å². The van der Waals surface area contributed by atoms with Crippen LogP contribution in [0.15, 0.2) is 60.7 Å². The maximum absolute atomic E-state index is 13.6. The van der Waals surface area contributed by atoms with Crippen molar-refractivity contribution in [1.82, 2.24) is 45.3 Å². The fraction of sp³-hybridized carbons (Fsp3) is 0.318. The lowest BCUT2D eigenvalue weighted by Crippen LogP contribution is -2.51. The number of hydrogen-bond donors (Lipinski definition) is 0. The van der Waals surface area contributed by atoms with Gasteiger partial charge in [0, 0.05) is 32.6 Å². The van der Waals surface area contributed by atoms with Gasteiger partial charge >= 0.3 is 0 Å². The molecule has 0 N–H and O–H groups in total. The average Bonchev–Trinajstić information content (AvgIpc) is 3.53. The summed E-state index contributed by atoms with van der Waals surface area (Å²) in [5, 5.41) is 24.1. The summed E-state index contributed by atoms with van der Waals surface area (Å²) in [5.74, 6) is 1.30. The van der Waals surface area contributed by atoms with E-state index in [4.69, 9.17) is 0 Å². The number of amides is 1. The van der Waals surface area contributed by atoms with Crippen molar-refractivity contribution in [2.24, 2.45) is 0 Å². The van der Waals surface area contributed by atoms with E-state index in [2.05, 4.69) is 36.0 Å². The number of rotatable bonds is 6. The van der Waals surface area contributed by atoms with E-state index < -0.39 is 6.04 Å². The molecule has 2 aromatic heterocycles. The van der Waals surface area contributed by atoms with Crippen LogP contribution in [-0.2, 0) is 11.2 Å². The maximum Gasteiger partial charge on any atom is 0.250 e. The van der Waals surface area contributed by atoms with Crippen molar-refractivity contribution < 1.29 is 4.79 Å². The van der Waals surface area contributed by atoms with E-state index in [0.717, 1.165) is 11.3 Å². The summed E-state index contributed by atoms with van der Waals surface area (Å²) in [6, 6.07) is 19.2. The SMILES string of the molecule is Cc1nnnn1C(Cc1ccccc1)C(=O)N1CCN(c2nnnn2-c2ccccc2)CC1. The standard InChI is InChI=1S/C22H24N10O/c1-17-23-25-27-31(17)20(16-18-8-4-2-5-9-18)21(33)29-12-14-30(15-13-29)22-24-26-28-32(22)19-10-6-3-7-11-19/h2-11,20H,12-16H2,1H3. The van der Waals surface area contributed by atoms with Gasteiger partial charge in [0.25, 0.3) is 0 Å². The van der Waals surface area contributed by atoms with Crippen LogP contribution in [0.3, 0.4) is 0 Å². The zero-order valence-corrected chi connectivity index (χ0v) is 18.3. The van der Waals surface area contributed by atoms with Crippen LogP contribution < -0.4 is 4.90 Å². The first kappa shape index (κ1) is 20.7. The Morgan fingerprint density at radius 2 is 1.55 bits per heavy atom. The van der Waals surface area contributed by atoms with E-state index in [0.29, 0.717) is 44.4 Å². The summed E-state index contributed by atoms with van der Waals surface area (Å²) in [4.78, 5) is 17.6. The minimum absolute atomic E-state index is 0.0107. The Kier molecular flexibility index (Phi) is 5.75. The number of carbonyl (C=O) groups is 1. The maximum atomic E-state index is 13.6. The molecule has 4 aromatic rings. The normalized spacial score (nSPS) is 14.9. The smallest absolute Gasteiger partial charge is 0.250 e. The first-order valence-electron chi connectivity index (χ1n) is 10.9. The Hall–Kier alpha value is -4.15. The summed E-state index contributed by atoms with van der Waals surface area (Å²) in [7, 11) is 0. The van der Waals surface area contributed by atoms with Gasteiger partial charge in [-0.05, 0) is 45.5 Å². The molecule has 0 spiro atoms. The van der Waals surface area contributed by atoms with Gasteiger partial charge in [0.2, 0.25) is 11.9 Å². The summed E-state index contributed by atoms with van der Waals surface area (Å²) >= 11 is 0. The number of para-hydroxylation sites is 1. The molecular formula is C22H24N10O. The number of anilines is 1. The molecule has 0 bridgehead atoms. The first-order valence-corrected chi connectivity index (χ1v) is 10.9. The second-order valence-corrected chi connectivity index (χ2v) is 7.91. The number of hydrogen-bond acceptors (Lipinski definition) is 8. The number of tetrazole rings is 2. The molecule has 1 aliphatic rings. The number of carbonyl (C=O) groups excluding carboxylic acids is 1. The molecule has 2 aromatic carbocycles. The third-order valence-corrected chi connectivity index (χ3v) is 5.84. The van der Waals surface area contributed by atoms with Crippen molar-refractivity contribution in [1.29, 1.82) is 0 Å². The molecule has 11 nitrogen and oxygen atoms in total. The topological polar surface area (TPSA) is 111 Å². The van der Waals surface area contributed by atoms with Crippen LogP contribution in [0, 0.1) is 6.92 Å². The summed E-state index contributed by atoms with van der Waals surface area (Å²) in [6.45, 7) is 4.20. The monoisotopic (exact) mass is 444 g/mol. The van der Waals surface area contributed by atoms with Crippen LogP contribution in [0.1, 0.15) is 17.4 Å². The lowest BCUT2D eigenvalue weighted by Gasteiger charge is -2.36. The number of benzene rings is 2. The largest absolute Gasteiger partial charge is 0.337 e. The lowest BCUT2D eigenvalue weighted by atomic mass is 10.0. The Balaban J connectivity index is 1.31. The Morgan fingerprint density at radius 1 is 0.879 bits per heavy atom. The number of piperazine rings is 1. The molecule has 1 fully saturated rings. The molecule has 168 valence electrons. The molecule has 0 aliphatic carbocycles. The second kappa shape index (κ2) is 9.15. The van der Waals surface area contributed by atoms with Crippen molar-refractivity contribution >= 4 is 11.9 Å². The van der Waals surface area contributed by atoms with Crippen molar-refractivity contribution in [3.63, 3.8) is 0 Å². The molecular weight excluding hydrogens is 420 g/mol. The molecule has 33 heavy (non-hydrogen) atoms. The number of aryl methyl sites for hydroxylation is 1. The van der Waals surface area contributed by atoms with Crippen molar-refractivity contribution in [2.75, 3.05) is 31.1 Å². The Morgan fingerprint density at radius 3 is 2.21 bits per heavy atom. The molecule has 0 saturated carbocycles. The zero-order valence-electron chi connectivity index (χ0n) is 18.3. The van der Waals surface area contributed by atoms with Crippen LogP contribution in [0.4, 0.5) is 5.95 Å². The van der Waals surface area contributed by atoms with Crippen molar-refractivity contribution in [2.45, 2.75) is 19.4 Å². The van der Waals surface area contributed by atoms with Crippen LogP contribution in [-0.4, -0.2) is 77.4 Å². The van der Waals surface area contributed by atoms with Gasteiger partial charge in [-0.15, -0.1) is 5.10 Å². The van der Waals surface area contributed by atoms with Gasteiger partial charge in [-0.2, -0.15) is 4.68 Å². The minimum atomic E-state index is -0.497. The van der Waals surface area contributed by atoms with Crippen LogP contribution >= 0.6 is 0 Å². The van der Waals surface area contributed by atoms with E-state index in [1.165, 1.54) is 0 Å². The fourth-order valence-corrected chi connectivity index (χ4v) is 4.10. The lowest BCUT2D eigenvalue weighted by molar-refractivity contribution is -0.135. The highest BCUT2D eigenvalue weighted by Gasteiger charge is 2.32. The third-order valence-electron chi connectivity index (χ3n) is 5.84. The van der Waals surface area contributed by atoms with E-state index in [1.807, 2.05) is 72.5 Å².